The lowest BCUT2D eigenvalue weighted by molar-refractivity contribution is -0.137. The number of fused-ring (bicyclic) bond motifs is 5. The number of carbonyl (C=O) groups excluding carboxylic acids is 10. The van der Waals surface area contributed by atoms with Crippen molar-refractivity contribution in [2.45, 2.75) is 83.9 Å². The number of benzene rings is 4. The predicted octanol–water partition coefficient (Wildman–Crippen LogP) is 8.36. The quantitative estimate of drug-likeness (QED) is 0.0170. The van der Waals surface area contributed by atoms with Crippen LogP contribution >= 0.6 is 22.9 Å². The average molecular weight is 1270 g/mol. The Kier molecular flexibility index (Phi) is 19.8. The van der Waals surface area contributed by atoms with Gasteiger partial charge in [-0.05, 0) is 109 Å². The van der Waals surface area contributed by atoms with Crippen LogP contribution in [0.4, 0.5) is 31.4 Å². The van der Waals surface area contributed by atoms with E-state index in [1.54, 1.807) is 79.4 Å². The number of anilines is 3. The Morgan fingerprint density at radius 1 is 0.756 bits per heavy atom. The fourth-order valence-electron chi connectivity index (χ4n) is 11.3. The molecule has 0 unspecified atom stereocenters. The first-order valence-corrected chi connectivity index (χ1v) is 31.1. The summed E-state index contributed by atoms with van der Waals surface area (Å²) < 4.78 is 12.6. The van der Waals surface area contributed by atoms with E-state index in [0.717, 1.165) is 37.0 Å². The van der Waals surface area contributed by atoms with Crippen molar-refractivity contribution >= 4 is 131 Å². The van der Waals surface area contributed by atoms with Crippen molar-refractivity contribution in [3.8, 4) is 5.75 Å². The Morgan fingerprint density at radius 2 is 1.44 bits per heavy atom. The number of amides is 11. The molecule has 6 heterocycles. The summed E-state index contributed by atoms with van der Waals surface area (Å²) in [6.07, 6.45) is 3.25. The number of aromatic nitrogens is 2. The van der Waals surface area contributed by atoms with E-state index in [1.165, 1.54) is 33.3 Å². The molecule has 3 aliphatic heterocycles. The van der Waals surface area contributed by atoms with E-state index >= 15 is 0 Å². The van der Waals surface area contributed by atoms with Crippen molar-refractivity contribution in [1.29, 1.82) is 0 Å². The van der Waals surface area contributed by atoms with E-state index in [1.807, 2.05) is 36.6 Å². The van der Waals surface area contributed by atoms with E-state index in [0.29, 0.717) is 64.2 Å². The number of carbonyl (C=O) groups is 10. The SMILES string of the molecule is Cc1csc2c(OC(=O)N3CCN(C(=O)OCc4ccc(NC(=O)[C@H](CCCNC(N)=O)NC(=O)[C@@H](NC(=O)CCCCCN5C(=O)C=CC5=O)C(C)C)cc4)CC3)cc3c(c12)[C@@H](CCl)CN3C(=O)c1cc2cc(NC(=O)c3cc4ccccc4[nH]3)ccc2[nH]1. The molecule has 0 saturated carbocycles. The predicted molar refractivity (Wildman–Crippen MR) is 341 cm³/mol. The van der Waals surface area contributed by atoms with Gasteiger partial charge in [-0.3, -0.25) is 38.5 Å². The van der Waals surface area contributed by atoms with Gasteiger partial charge >= 0.3 is 18.2 Å². The van der Waals surface area contributed by atoms with Crippen molar-refractivity contribution in [2.24, 2.45) is 11.7 Å². The minimum absolute atomic E-state index is 0.101. The van der Waals surface area contributed by atoms with Crippen LogP contribution in [0.5, 0.6) is 5.75 Å². The number of imide groups is 1. The van der Waals surface area contributed by atoms with E-state index < -0.39 is 42.1 Å². The van der Waals surface area contributed by atoms with E-state index in [-0.39, 0.29) is 125 Å². The van der Waals surface area contributed by atoms with Gasteiger partial charge in [0.25, 0.3) is 23.6 Å². The monoisotopic (exact) mass is 1260 g/mol. The third-order valence-electron chi connectivity index (χ3n) is 16.1. The second-order valence-electron chi connectivity index (χ2n) is 22.7. The summed E-state index contributed by atoms with van der Waals surface area (Å²) in [4.78, 5) is 143. The first-order chi connectivity index (χ1) is 43.3. The third kappa shape index (κ3) is 14.7. The van der Waals surface area contributed by atoms with Gasteiger partial charge in [-0.2, -0.15) is 0 Å². The van der Waals surface area contributed by atoms with Crippen LogP contribution < -0.4 is 42.0 Å². The van der Waals surface area contributed by atoms with Crippen molar-refractivity contribution < 1.29 is 57.4 Å². The number of hydrogen-bond acceptors (Lipinski definition) is 13. The average Bonchev–Trinajstić information content (AvgIpc) is 1.72. The van der Waals surface area contributed by atoms with Gasteiger partial charge in [0.05, 0.1) is 10.4 Å². The number of rotatable bonds is 23. The van der Waals surface area contributed by atoms with Gasteiger partial charge in [0.1, 0.15) is 30.1 Å². The highest BCUT2D eigenvalue weighted by molar-refractivity contribution is 7.17. The molecule has 0 bridgehead atoms. The summed E-state index contributed by atoms with van der Waals surface area (Å²) in [5, 5.41) is 18.2. The molecule has 0 radical (unpaired) electrons. The third-order valence-corrected chi connectivity index (χ3v) is 17.5. The minimum Gasteiger partial charge on any atom is -0.445 e. The smallest absolute Gasteiger partial charge is 0.415 e. The van der Waals surface area contributed by atoms with Gasteiger partial charge in [-0.15, -0.1) is 22.9 Å². The maximum absolute atomic E-state index is 14.5. The van der Waals surface area contributed by atoms with Crippen LogP contribution in [0.2, 0.25) is 0 Å². The molecule has 9 N–H and O–H groups in total. The Hall–Kier alpha value is -9.75. The number of primary amides is 1. The maximum Gasteiger partial charge on any atom is 0.415 e. The van der Waals surface area contributed by atoms with E-state index in [4.69, 9.17) is 26.8 Å². The summed E-state index contributed by atoms with van der Waals surface area (Å²) >= 11 is 8.05. The number of urea groups is 1. The molecule has 11 amide bonds. The summed E-state index contributed by atoms with van der Waals surface area (Å²) in [6.45, 7) is 6.67. The molecule has 4 aromatic carbocycles. The number of ether oxygens (including phenoxy) is 2. The van der Waals surface area contributed by atoms with E-state index in [9.17, 15) is 47.9 Å². The number of alkyl halides is 1. The summed E-state index contributed by atoms with van der Waals surface area (Å²) in [5.41, 5.74) is 11.5. The number of nitrogens with one attached hydrogen (secondary N) is 7. The highest BCUT2D eigenvalue weighted by Gasteiger charge is 2.38. The van der Waals surface area contributed by atoms with Crippen LogP contribution in [0.25, 0.3) is 31.9 Å². The number of hydrogen-bond donors (Lipinski definition) is 8. The highest BCUT2D eigenvalue weighted by atomic mass is 35.5. The number of aromatic amines is 2. The molecule has 3 aromatic heterocycles. The Bertz CT molecular complexity index is 3910. The second-order valence-corrected chi connectivity index (χ2v) is 23.9. The largest absolute Gasteiger partial charge is 0.445 e. The Balaban J connectivity index is 0.706. The van der Waals surface area contributed by atoms with Gasteiger partial charge in [0.2, 0.25) is 17.7 Å². The molecular weight excluding hydrogens is 1200 g/mol. The summed E-state index contributed by atoms with van der Waals surface area (Å²) in [5.74, 6) is -2.91. The molecule has 90 heavy (non-hydrogen) atoms. The molecule has 7 aromatic rings. The topological polar surface area (TPSA) is 320 Å². The van der Waals surface area contributed by atoms with Crippen LogP contribution in [-0.4, -0.2) is 148 Å². The Morgan fingerprint density at radius 3 is 2.16 bits per heavy atom. The number of unbranched alkanes of at least 4 members (excludes halogenated alkanes) is 2. The maximum atomic E-state index is 14.5. The molecule has 3 aliphatic rings. The first-order valence-electron chi connectivity index (χ1n) is 29.7. The molecule has 470 valence electrons. The number of aryl methyl sites for hydroxylation is 1. The second kappa shape index (κ2) is 28.2. The van der Waals surface area contributed by atoms with Crippen LogP contribution in [0.1, 0.15) is 96.0 Å². The molecule has 0 aliphatic carbocycles. The van der Waals surface area contributed by atoms with Gasteiger partial charge in [-0.1, -0.05) is 50.6 Å². The zero-order valence-electron chi connectivity index (χ0n) is 49.8. The zero-order chi connectivity index (χ0) is 63.8. The van der Waals surface area contributed by atoms with Gasteiger partial charge in [-0.25, -0.2) is 14.4 Å². The fraction of sp³-hybridized carbons (Fsp3) is 0.344. The lowest BCUT2D eigenvalue weighted by Crippen LogP contribution is -2.54. The summed E-state index contributed by atoms with van der Waals surface area (Å²) in [7, 11) is 0. The van der Waals surface area contributed by atoms with E-state index in [2.05, 4.69) is 36.6 Å². The standard InChI is InChI=1S/C64H69ClN12O12S/c1-36(2)56(73-51(78)13-5-4-8-23-76-52(79)20-21-53(76)80)60(83)72-46(12-9-22-67-62(66)85)58(81)68-42-16-14-38(15-17-42)34-88-63(86)74-24-26-75(27-25-74)64(87)89-50-31-49-55(54-37(3)35-90-57(50)54)41(32-65)33-77(49)61(84)48-30-40-28-43(18-19-45(40)71-48)69-59(82)47-29-39-10-6-7-11-44(39)70-47/h6-7,10-11,14-21,28-31,35-36,41,46,56,70-71H,4-5,8-9,12-13,22-27,32-34H2,1-3H3,(H,68,81)(H,69,82)(H,72,83)(H,73,78)(H3,66,67,85)/t41-,46-,56-/m0/s1. The number of para-hydroxylation sites is 1. The molecule has 26 heteroatoms. The van der Waals surface area contributed by atoms with Crippen LogP contribution in [-0.2, 0) is 35.3 Å². The number of halogens is 1. The molecule has 0 spiro atoms. The number of piperazine rings is 1. The molecule has 1 fully saturated rings. The Labute approximate surface area is 526 Å². The number of nitrogens with two attached hydrogens (primary N) is 1. The highest BCUT2D eigenvalue weighted by Crippen LogP contribution is 2.49. The number of nitrogens with zero attached hydrogens (tertiary/aromatic N) is 4. The van der Waals surface area contributed by atoms with Crippen LogP contribution in [0.15, 0.2) is 102 Å². The molecule has 3 atom stereocenters. The molecule has 1 saturated heterocycles. The summed E-state index contributed by atoms with van der Waals surface area (Å²) in [6, 6.07) is 22.0. The fourth-order valence-corrected chi connectivity index (χ4v) is 12.5. The normalized spacial score (nSPS) is 15.3. The van der Waals surface area contributed by atoms with Crippen molar-refractivity contribution in [1.82, 2.24) is 40.6 Å². The minimum atomic E-state index is -1.08. The van der Waals surface area contributed by atoms with Crippen molar-refractivity contribution in [3.63, 3.8) is 0 Å². The lowest BCUT2D eigenvalue weighted by atomic mass is 9.97. The molecule has 24 nitrogen and oxygen atoms in total. The van der Waals surface area contributed by atoms with Gasteiger partial charge < -0.3 is 66.5 Å². The molecular formula is C64H69ClN12O12S. The lowest BCUT2D eigenvalue weighted by Gasteiger charge is -2.33. The van der Waals surface area contributed by atoms with Crippen LogP contribution in [0, 0.1) is 12.8 Å². The molecule has 10 rings (SSSR count). The van der Waals surface area contributed by atoms with Gasteiger partial charge in [0.15, 0.2) is 5.75 Å². The number of thiophene rings is 1. The van der Waals surface area contributed by atoms with Gasteiger partial charge in [0, 0.05) is 121 Å². The first kappa shape index (κ1) is 63.3. The van der Waals surface area contributed by atoms with Crippen molar-refractivity contribution in [3.05, 3.63) is 131 Å². The zero-order valence-corrected chi connectivity index (χ0v) is 51.4. The van der Waals surface area contributed by atoms with Crippen molar-refractivity contribution in [2.75, 3.05) is 67.2 Å². The number of H-pyrrole nitrogens is 2. The van der Waals surface area contributed by atoms with Crippen LogP contribution in [0.3, 0.4) is 0 Å².